The molecule has 1 aliphatic rings. The van der Waals surface area contributed by atoms with Crippen molar-refractivity contribution < 1.29 is 9.59 Å². The highest BCUT2D eigenvalue weighted by Crippen LogP contribution is 2.14. The van der Waals surface area contributed by atoms with Gasteiger partial charge in [0.2, 0.25) is 11.8 Å². The van der Waals surface area contributed by atoms with Crippen LogP contribution >= 0.6 is 0 Å². The molecule has 1 aromatic carbocycles. The lowest BCUT2D eigenvalue weighted by molar-refractivity contribution is -0.118. The van der Waals surface area contributed by atoms with E-state index >= 15 is 0 Å². The first-order chi connectivity index (χ1) is 11.0. The lowest BCUT2D eigenvalue weighted by Crippen LogP contribution is -2.34. The van der Waals surface area contributed by atoms with Gasteiger partial charge in [0.15, 0.2) is 0 Å². The Kier molecular flexibility index (Phi) is 6.55. The SMILES string of the molecule is CC(N)C(=O)Nc1ccc(NC(=O)CN2CCCCCC2)cc1. The molecule has 0 spiro atoms. The van der Waals surface area contributed by atoms with Crippen molar-refractivity contribution in [3.63, 3.8) is 0 Å². The zero-order valence-electron chi connectivity index (χ0n) is 13.7. The Hall–Kier alpha value is -1.92. The van der Waals surface area contributed by atoms with E-state index in [2.05, 4.69) is 15.5 Å². The van der Waals surface area contributed by atoms with Crippen molar-refractivity contribution in [2.75, 3.05) is 30.3 Å². The summed E-state index contributed by atoms with van der Waals surface area (Å²) in [4.78, 5) is 25.8. The van der Waals surface area contributed by atoms with Gasteiger partial charge in [-0.2, -0.15) is 0 Å². The summed E-state index contributed by atoms with van der Waals surface area (Å²) in [5.41, 5.74) is 6.90. The molecule has 1 fully saturated rings. The number of hydrogen-bond donors (Lipinski definition) is 3. The Balaban J connectivity index is 1.82. The number of nitrogens with zero attached hydrogens (tertiary/aromatic N) is 1. The van der Waals surface area contributed by atoms with Crippen LogP contribution in [-0.2, 0) is 9.59 Å². The van der Waals surface area contributed by atoms with Gasteiger partial charge >= 0.3 is 0 Å². The summed E-state index contributed by atoms with van der Waals surface area (Å²) in [7, 11) is 0. The van der Waals surface area contributed by atoms with Gasteiger partial charge in [-0.05, 0) is 57.1 Å². The first-order valence-electron chi connectivity index (χ1n) is 8.23. The Labute approximate surface area is 137 Å². The van der Waals surface area contributed by atoms with E-state index in [4.69, 9.17) is 5.73 Å². The van der Waals surface area contributed by atoms with Gasteiger partial charge in [0, 0.05) is 11.4 Å². The van der Waals surface area contributed by atoms with Crippen molar-refractivity contribution in [3.8, 4) is 0 Å². The average molecular weight is 318 g/mol. The predicted molar refractivity (Wildman–Crippen MR) is 92.3 cm³/mol. The molecule has 1 aliphatic heterocycles. The van der Waals surface area contributed by atoms with Gasteiger partial charge in [-0.15, -0.1) is 0 Å². The smallest absolute Gasteiger partial charge is 0.240 e. The zero-order chi connectivity index (χ0) is 16.7. The summed E-state index contributed by atoms with van der Waals surface area (Å²) in [6.45, 7) is 4.06. The minimum Gasteiger partial charge on any atom is -0.325 e. The molecule has 1 saturated heterocycles. The van der Waals surface area contributed by atoms with Crippen molar-refractivity contribution in [3.05, 3.63) is 24.3 Å². The molecule has 0 aromatic heterocycles. The molecule has 0 saturated carbocycles. The molecule has 1 aromatic rings. The first-order valence-corrected chi connectivity index (χ1v) is 8.23. The topological polar surface area (TPSA) is 87.5 Å². The van der Waals surface area contributed by atoms with Crippen molar-refractivity contribution in [1.82, 2.24) is 4.90 Å². The fourth-order valence-corrected chi connectivity index (χ4v) is 2.59. The monoisotopic (exact) mass is 318 g/mol. The third-order valence-electron chi connectivity index (χ3n) is 3.92. The van der Waals surface area contributed by atoms with E-state index in [-0.39, 0.29) is 11.8 Å². The van der Waals surface area contributed by atoms with Gasteiger partial charge in [0.25, 0.3) is 0 Å². The maximum Gasteiger partial charge on any atom is 0.240 e. The van der Waals surface area contributed by atoms with Gasteiger partial charge < -0.3 is 16.4 Å². The fraction of sp³-hybridized carbons (Fsp3) is 0.529. The molecular weight excluding hydrogens is 292 g/mol. The number of nitrogens with two attached hydrogens (primary N) is 1. The number of carbonyl (C=O) groups is 2. The van der Waals surface area contributed by atoms with E-state index in [1.165, 1.54) is 25.7 Å². The van der Waals surface area contributed by atoms with Crippen LogP contribution in [0.4, 0.5) is 11.4 Å². The van der Waals surface area contributed by atoms with E-state index < -0.39 is 6.04 Å². The number of hydrogen-bond acceptors (Lipinski definition) is 4. The molecule has 6 heteroatoms. The third-order valence-corrected chi connectivity index (χ3v) is 3.92. The highest BCUT2D eigenvalue weighted by Gasteiger charge is 2.13. The maximum absolute atomic E-state index is 12.1. The number of rotatable bonds is 5. The highest BCUT2D eigenvalue weighted by molar-refractivity contribution is 5.95. The molecule has 126 valence electrons. The molecule has 1 unspecified atom stereocenters. The van der Waals surface area contributed by atoms with Gasteiger partial charge in [-0.3, -0.25) is 14.5 Å². The van der Waals surface area contributed by atoms with E-state index in [0.717, 1.165) is 18.8 Å². The summed E-state index contributed by atoms with van der Waals surface area (Å²) < 4.78 is 0. The van der Waals surface area contributed by atoms with Crippen molar-refractivity contribution in [2.45, 2.75) is 38.6 Å². The normalized spacial score (nSPS) is 17.1. The fourth-order valence-electron chi connectivity index (χ4n) is 2.59. The van der Waals surface area contributed by atoms with Crippen molar-refractivity contribution >= 4 is 23.2 Å². The number of likely N-dealkylation sites (tertiary alicyclic amines) is 1. The number of anilines is 2. The minimum absolute atomic E-state index is 0.000680. The second-order valence-corrected chi connectivity index (χ2v) is 6.09. The van der Waals surface area contributed by atoms with E-state index in [1.807, 2.05) is 0 Å². The van der Waals surface area contributed by atoms with Crippen molar-refractivity contribution in [1.29, 1.82) is 0 Å². The number of benzene rings is 1. The van der Waals surface area contributed by atoms with Gasteiger partial charge in [-0.1, -0.05) is 12.8 Å². The summed E-state index contributed by atoms with van der Waals surface area (Å²) in [6.07, 6.45) is 4.85. The maximum atomic E-state index is 12.1. The van der Waals surface area contributed by atoms with Gasteiger partial charge in [-0.25, -0.2) is 0 Å². The molecule has 6 nitrogen and oxygen atoms in total. The Morgan fingerprint density at radius 2 is 1.57 bits per heavy atom. The van der Waals surface area contributed by atoms with Gasteiger partial charge in [0.1, 0.15) is 0 Å². The molecule has 0 radical (unpaired) electrons. The Morgan fingerprint density at radius 3 is 2.09 bits per heavy atom. The molecule has 1 heterocycles. The third kappa shape index (κ3) is 6.00. The number of carbonyl (C=O) groups excluding carboxylic acids is 2. The van der Waals surface area contributed by atoms with Crippen LogP contribution in [0.3, 0.4) is 0 Å². The van der Waals surface area contributed by atoms with E-state index in [9.17, 15) is 9.59 Å². The molecule has 0 aliphatic carbocycles. The molecule has 1 atom stereocenters. The summed E-state index contributed by atoms with van der Waals surface area (Å²) >= 11 is 0. The Bertz CT molecular complexity index is 520. The minimum atomic E-state index is -0.553. The Morgan fingerprint density at radius 1 is 1.04 bits per heavy atom. The number of amides is 2. The second kappa shape index (κ2) is 8.64. The highest BCUT2D eigenvalue weighted by atomic mass is 16.2. The summed E-state index contributed by atoms with van der Waals surface area (Å²) in [5, 5.41) is 5.60. The largest absolute Gasteiger partial charge is 0.325 e. The van der Waals surface area contributed by atoms with Crippen LogP contribution in [-0.4, -0.2) is 42.4 Å². The van der Waals surface area contributed by atoms with Crippen LogP contribution < -0.4 is 16.4 Å². The van der Waals surface area contributed by atoms with Crippen LogP contribution in [0.25, 0.3) is 0 Å². The van der Waals surface area contributed by atoms with Crippen LogP contribution in [0.1, 0.15) is 32.6 Å². The van der Waals surface area contributed by atoms with E-state index in [0.29, 0.717) is 12.2 Å². The molecular formula is C17H26N4O2. The quantitative estimate of drug-likeness (QED) is 0.772. The lowest BCUT2D eigenvalue weighted by atomic mass is 10.2. The molecule has 0 bridgehead atoms. The van der Waals surface area contributed by atoms with Gasteiger partial charge in [0.05, 0.1) is 12.6 Å². The van der Waals surface area contributed by atoms with Crippen LogP contribution in [0, 0.1) is 0 Å². The van der Waals surface area contributed by atoms with Crippen LogP contribution in [0.5, 0.6) is 0 Å². The first kappa shape index (κ1) is 17.4. The van der Waals surface area contributed by atoms with Crippen LogP contribution in [0.15, 0.2) is 24.3 Å². The lowest BCUT2D eigenvalue weighted by Gasteiger charge is -2.19. The molecule has 2 amide bonds. The summed E-state index contributed by atoms with van der Waals surface area (Å²) in [6, 6.07) is 6.50. The standard InChI is InChI=1S/C17H26N4O2/c1-13(18)17(23)20-15-8-6-14(7-9-15)19-16(22)12-21-10-4-2-3-5-11-21/h6-9,13H,2-5,10-12,18H2,1H3,(H,19,22)(H,20,23). The number of nitrogens with one attached hydrogen (secondary N) is 2. The zero-order valence-corrected chi connectivity index (χ0v) is 13.7. The van der Waals surface area contributed by atoms with Crippen molar-refractivity contribution in [2.24, 2.45) is 5.73 Å². The van der Waals surface area contributed by atoms with Crippen LogP contribution in [0.2, 0.25) is 0 Å². The average Bonchev–Trinajstić information content (AvgIpc) is 2.77. The second-order valence-electron chi connectivity index (χ2n) is 6.09. The molecule has 2 rings (SSSR count). The summed E-state index contributed by atoms with van der Waals surface area (Å²) in [5.74, 6) is -0.234. The predicted octanol–water partition coefficient (Wildman–Crippen LogP) is 1.79. The molecule has 23 heavy (non-hydrogen) atoms. The van der Waals surface area contributed by atoms with E-state index in [1.54, 1.807) is 31.2 Å². The molecule has 4 N–H and O–H groups in total.